The Balaban J connectivity index is 0.00000676. The maximum Gasteiger partial charge on any atom is 0.332 e. The molecule has 0 aliphatic carbocycles. The Kier molecular flexibility index (Phi) is 13.1. The molecule has 160 valence electrons. The van der Waals surface area contributed by atoms with E-state index in [0.29, 0.717) is 19.5 Å². The number of unbranched alkanes of at least 4 members (excludes halogenated alkanes) is 1. The van der Waals surface area contributed by atoms with Crippen LogP contribution in [0.15, 0.2) is 0 Å². The van der Waals surface area contributed by atoms with Crippen molar-refractivity contribution >= 4 is 31.9 Å². The molecule has 0 spiro atoms. The van der Waals surface area contributed by atoms with Crippen molar-refractivity contribution < 1.29 is 28.3 Å². The summed E-state index contributed by atoms with van der Waals surface area (Å²) in [5.41, 5.74) is 5.96. The fourth-order valence-corrected chi connectivity index (χ4v) is 4.60. The van der Waals surface area contributed by atoms with Gasteiger partial charge in [0.1, 0.15) is 0 Å². The smallest absolute Gasteiger partial charge is 0.332 e. The van der Waals surface area contributed by atoms with E-state index in [4.69, 9.17) is 19.9 Å². The number of hydrogen-bond donors (Lipinski definition) is 2. The number of carboxylic acids is 1. The number of rotatable bonds is 12. The van der Waals surface area contributed by atoms with E-state index < -0.39 is 19.6 Å². The Morgan fingerprint density at radius 3 is 2.15 bits per heavy atom. The first-order chi connectivity index (χ1) is 12.3. The molecule has 0 bridgehead atoms. The van der Waals surface area contributed by atoms with E-state index in [9.17, 15) is 14.2 Å². The number of piperazine rings is 1. The summed E-state index contributed by atoms with van der Waals surface area (Å²) in [7, 11) is -3.35. The van der Waals surface area contributed by atoms with Crippen LogP contribution in [-0.4, -0.2) is 84.9 Å². The van der Waals surface area contributed by atoms with Crippen molar-refractivity contribution in [1.29, 1.82) is 0 Å². The average molecular weight is 430 g/mol. The Hall–Kier alpha value is -0.700. The van der Waals surface area contributed by atoms with Crippen LogP contribution in [0.1, 0.15) is 33.1 Å². The molecule has 1 rings (SSSR count). The van der Waals surface area contributed by atoms with Crippen molar-refractivity contribution in [3.63, 3.8) is 0 Å². The number of hydrogen-bond acceptors (Lipinski definition) is 7. The van der Waals surface area contributed by atoms with Crippen molar-refractivity contribution in [2.45, 2.75) is 39.2 Å². The zero-order valence-electron chi connectivity index (χ0n) is 16.2. The Morgan fingerprint density at radius 2 is 1.67 bits per heavy atom. The molecule has 1 aliphatic rings. The molecule has 0 unspecified atom stereocenters. The molecular formula is C16H33ClN3O6P. The lowest BCUT2D eigenvalue weighted by molar-refractivity contribution is -0.137. The first kappa shape index (κ1) is 26.3. The molecule has 3 N–H and O–H groups in total. The monoisotopic (exact) mass is 429 g/mol. The van der Waals surface area contributed by atoms with E-state index in [1.165, 1.54) is 0 Å². The molecule has 0 aromatic carbocycles. The van der Waals surface area contributed by atoms with Gasteiger partial charge in [-0.3, -0.25) is 19.1 Å². The number of carbonyl (C=O) groups excluding carboxylic acids is 1. The van der Waals surface area contributed by atoms with Crippen LogP contribution >= 0.6 is 20.0 Å². The Labute approximate surface area is 167 Å². The van der Waals surface area contributed by atoms with Gasteiger partial charge in [-0.1, -0.05) is 0 Å². The zero-order valence-corrected chi connectivity index (χ0v) is 17.9. The molecule has 1 saturated heterocycles. The molecule has 1 aliphatic heterocycles. The van der Waals surface area contributed by atoms with E-state index in [0.717, 1.165) is 26.1 Å². The van der Waals surface area contributed by atoms with E-state index in [1.54, 1.807) is 18.7 Å². The molecule has 0 radical (unpaired) electrons. The number of nitrogens with zero attached hydrogens (tertiary/aromatic N) is 2. The van der Waals surface area contributed by atoms with Gasteiger partial charge in [0.05, 0.1) is 25.4 Å². The van der Waals surface area contributed by atoms with Gasteiger partial charge >= 0.3 is 13.6 Å². The number of halogens is 1. The van der Waals surface area contributed by atoms with E-state index in [-0.39, 0.29) is 44.1 Å². The highest BCUT2D eigenvalue weighted by molar-refractivity contribution is 7.53. The summed E-state index contributed by atoms with van der Waals surface area (Å²) in [6.07, 6.45) is 1.55. The summed E-state index contributed by atoms with van der Waals surface area (Å²) >= 11 is 0. The van der Waals surface area contributed by atoms with Crippen LogP contribution in [-0.2, 0) is 23.2 Å². The number of amides is 1. The van der Waals surface area contributed by atoms with Gasteiger partial charge < -0.3 is 24.8 Å². The lowest BCUT2D eigenvalue weighted by Gasteiger charge is -2.36. The van der Waals surface area contributed by atoms with E-state index in [2.05, 4.69) is 4.90 Å². The van der Waals surface area contributed by atoms with Gasteiger partial charge in [0, 0.05) is 32.6 Å². The fourth-order valence-electron chi connectivity index (χ4n) is 2.89. The van der Waals surface area contributed by atoms with E-state index >= 15 is 0 Å². The van der Waals surface area contributed by atoms with Crippen LogP contribution in [0, 0.1) is 0 Å². The van der Waals surface area contributed by atoms with Gasteiger partial charge in [0.25, 0.3) is 0 Å². The van der Waals surface area contributed by atoms with Crippen molar-refractivity contribution in [1.82, 2.24) is 9.80 Å². The molecular weight excluding hydrogens is 397 g/mol. The van der Waals surface area contributed by atoms with Gasteiger partial charge in [-0.25, -0.2) is 0 Å². The second-order valence-corrected chi connectivity index (χ2v) is 8.36. The van der Waals surface area contributed by atoms with Crippen molar-refractivity contribution in [2.75, 3.05) is 52.1 Å². The SMILES string of the molecule is CCOP(=O)(C[C@H](N)C(=O)N1CCN(CCCCC(=O)O)CC1)OCC.Cl. The summed E-state index contributed by atoms with van der Waals surface area (Å²) in [4.78, 5) is 26.9. The predicted molar refractivity (Wildman–Crippen MR) is 105 cm³/mol. The second kappa shape index (κ2) is 13.5. The van der Waals surface area contributed by atoms with Crippen LogP contribution in [0.4, 0.5) is 0 Å². The van der Waals surface area contributed by atoms with Crippen molar-refractivity contribution in [3.8, 4) is 0 Å². The first-order valence-corrected chi connectivity index (χ1v) is 10.9. The summed E-state index contributed by atoms with van der Waals surface area (Å²) in [6, 6.07) is -0.916. The lowest BCUT2D eigenvalue weighted by Crippen LogP contribution is -2.54. The third-order valence-corrected chi connectivity index (χ3v) is 6.33. The Morgan fingerprint density at radius 1 is 1.11 bits per heavy atom. The highest BCUT2D eigenvalue weighted by Crippen LogP contribution is 2.48. The van der Waals surface area contributed by atoms with Crippen molar-refractivity contribution in [3.05, 3.63) is 0 Å². The molecule has 11 heteroatoms. The van der Waals surface area contributed by atoms with Gasteiger partial charge in [-0.05, 0) is 33.2 Å². The van der Waals surface area contributed by atoms with Gasteiger partial charge in [0.15, 0.2) is 0 Å². The number of carbonyl (C=O) groups is 2. The number of carboxylic acid groups (broad SMARTS) is 1. The quantitative estimate of drug-likeness (QED) is 0.352. The average Bonchev–Trinajstić information content (AvgIpc) is 2.58. The molecule has 27 heavy (non-hydrogen) atoms. The normalized spacial score (nSPS) is 16.6. The molecule has 1 amide bonds. The number of nitrogens with two attached hydrogens (primary N) is 1. The zero-order chi connectivity index (χ0) is 19.6. The molecule has 1 fully saturated rings. The standard InChI is InChI=1S/C16H32N3O6P.ClH/c1-3-24-26(23,25-4-2)13-14(17)16(22)19-11-9-18(10-12-19)8-6-5-7-15(20)21;/h14H,3-13,17H2,1-2H3,(H,20,21);1H/t14-;/m0./s1. The van der Waals surface area contributed by atoms with Crippen LogP contribution < -0.4 is 5.73 Å². The molecule has 1 atom stereocenters. The van der Waals surface area contributed by atoms with Crippen LogP contribution in [0.2, 0.25) is 0 Å². The predicted octanol–water partition coefficient (Wildman–Crippen LogP) is 1.40. The molecule has 9 nitrogen and oxygen atoms in total. The van der Waals surface area contributed by atoms with Gasteiger partial charge in [-0.2, -0.15) is 0 Å². The molecule has 1 heterocycles. The minimum absolute atomic E-state index is 0. The van der Waals surface area contributed by atoms with Crippen molar-refractivity contribution in [2.24, 2.45) is 5.73 Å². The largest absolute Gasteiger partial charge is 0.481 e. The summed E-state index contributed by atoms with van der Waals surface area (Å²) < 4.78 is 22.9. The maximum absolute atomic E-state index is 12.5. The highest BCUT2D eigenvalue weighted by atomic mass is 35.5. The first-order valence-electron chi connectivity index (χ1n) is 9.18. The summed E-state index contributed by atoms with van der Waals surface area (Å²) in [5.74, 6) is -1.01. The fraction of sp³-hybridized carbons (Fsp3) is 0.875. The van der Waals surface area contributed by atoms with Crippen LogP contribution in [0.3, 0.4) is 0 Å². The summed E-state index contributed by atoms with van der Waals surface area (Å²) in [6.45, 7) is 7.28. The third-order valence-electron chi connectivity index (χ3n) is 4.19. The van der Waals surface area contributed by atoms with Gasteiger partial charge in [0.2, 0.25) is 5.91 Å². The molecule has 0 aromatic rings. The molecule has 0 saturated carbocycles. The topological polar surface area (TPSA) is 122 Å². The Bertz CT molecular complexity index is 493. The van der Waals surface area contributed by atoms with E-state index in [1.807, 2.05) is 0 Å². The highest BCUT2D eigenvalue weighted by Gasteiger charge is 2.33. The maximum atomic E-state index is 12.5. The van der Waals surface area contributed by atoms with Crippen LogP contribution in [0.5, 0.6) is 0 Å². The second-order valence-electron chi connectivity index (χ2n) is 6.25. The minimum Gasteiger partial charge on any atom is -0.481 e. The molecule has 0 aromatic heterocycles. The minimum atomic E-state index is -3.35. The van der Waals surface area contributed by atoms with Crippen LogP contribution in [0.25, 0.3) is 0 Å². The lowest BCUT2D eigenvalue weighted by atomic mass is 10.2. The van der Waals surface area contributed by atoms with Gasteiger partial charge in [-0.15, -0.1) is 12.4 Å². The summed E-state index contributed by atoms with van der Waals surface area (Å²) in [5, 5.41) is 8.64. The third kappa shape index (κ3) is 9.87. The number of aliphatic carboxylic acids is 1.